The van der Waals surface area contributed by atoms with E-state index in [1.807, 2.05) is 41.5 Å². The second-order valence-corrected chi connectivity index (χ2v) is 2.61. The van der Waals surface area contributed by atoms with Gasteiger partial charge in [0.2, 0.25) is 0 Å². The molecule has 1 aliphatic rings. The van der Waals surface area contributed by atoms with Gasteiger partial charge in [0, 0.05) is 13.1 Å². The van der Waals surface area contributed by atoms with Crippen LogP contribution in [-0.4, -0.2) is 30.8 Å². The fourth-order valence-corrected chi connectivity index (χ4v) is 0.796. The van der Waals surface area contributed by atoms with Crippen molar-refractivity contribution < 1.29 is 5.11 Å². The van der Waals surface area contributed by atoms with Crippen LogP contribution < -0.4 is 11.1 Å². The van der Waals surface area contributed by atoms with Crippen molar-refractivity contribution in [3.05, 3.63) is 0 Å². The molecular weight excluding hydrogens is 176 g/mol. The Morgan fingerprint density at radius 2 is 1.57 bits per heavy atom. The Labute approximate surface area is 90.1 Å². The molecule has 14 heavy (non-hydrogen) atoms. The van der Waals surface area contributed by atoms with Crippen LogP contribution in [0.3, 0.4) is 0 Å². The van der Waals surface area contributed by atoms with Crippen molar-refractivity contribution >= 4 is 0 Å². The van der Waals surface area contributed by atoms with E-state index >= 15 is 0 Å². The van der Waals surface area contributed by atoms with Crippen LogP contribution in [0, 0.1) is 5.92 Å². The Morgan fingerprint density at radius 3 is 1.64 bits per heavy atom. The maximum Gasteiger partial charge on any atom is 0.0702 e. The number of nitrogens with two attached hydrogens (primary N) is 1. The van der Waals surface area contributed by atoms with Gasteiger partial charge in [-0.25, -0.2) is 0 Å². The lowest BCUT2D eigenvalue weighted by atomic mass is 10.1. The first kappa shape index (κ1) is 19.5. The minimum atomic E-state index is -0.0972. The van der Waals surface area contributed by atoms with Gasteiger partial charge in [0.25, 0.3) is 0 Å². The third-order valence-electron chi connectivity index (χ3n) is 1.48. The summed E-state index contributed by atoms with van der Waals surface area (Å²) in [6.07, 6.45) is -0.0972. The van der Waals surface area contributed by atoms with E-state index < -0.39 is 0 Å². The summed E-state index contributed by atoms with van der Waals surface area (Å²) in [5, 5.41) is 12.0. The molecule has 1 aliphatic heterocycles. The van der Waals surface area contributed by atoms with E-state index in [2.05, 4.69) is 5.32 Å². The molecule has 0 radical (unpaired) electrons. The van der Waals surface area contributed by atoms with E-state index in [9.17, 15) is 0 Å². The maximum atomic E-state index is 8.94. The van der Waals surface area contributed by atoms with Gasteiger partial charge in [0.05, 0.1) is 6.10 Å². The second kappa shape index (κ2) is 18.6. The summed E-state index contributed by atoms with van der Waals surface area (Å²) in [4.78, 5) is 0. The molecule has 0 aliphatic carbocycles. The Balaban J connectivity index is -0.000000148. The van der Waals surface area contributed by atoms with Crippen molar-refractivity contribution in [2.45, 2.75) is 47.6 Å². The normalized spacial score (nSPS) is 23.1. The molecule has 0 aromatic heterocycles. The van der Waals surface area contributed by atoms with Gasteiger partial charge >= 0.3 is 0 Å². The van der Waals surface area contributed by atoms with Crippen LogP contribution in [0.1, 0.15) is 41.5 Å². The highest BCUT2D eigenvalue weighted by Gasteiger charge is 2.18. The lowest BCUT2D eigenvalue weighted by Crippen LogP contribution is -2.14. The molecule has 0 aromatic rings. The van der Waals surface area contributed by atoms with Crippen LogP contribution in [0.2, 0.25) is 0 Å². The van der Waals surface area contributed by atoms with Crippen LogP contribution >= 0.6 is 0 Å². The standard InChI is InChI=1S/C5H11NO.C2H7N.2C2H6/c1-4-2-6-3-5(4)7;1-2-3;2*1-2/h4-7H,2-3H2,1H3;2-3H2,1H3;2*1-2H3. The number of rotatable bonds is 0. The van der Waals surface area contributed by atoms with Crippen molar-refractivity contribution in [1.29, 1.82) is 0 Å². The molecule has 0 spiro atoms. The molecule has 2 unspecified atom stereocenters. The van der Waals surface area contributed by atoms with E-state index in [1.54, 1.807) is 0 Å². The molecule has 1 fully saturated rings. The summed E-state index contributed by atoms with van der Waals surface area (Å²) < 4.78 is 0. The van der Waals surface area contributed by atoms with Crippen molar-refractivity contribution in [2.24, 2.45) is 11.7 Å². The molecule has 2 atom stereocenters. The van der Waals surface area contributed by atoms with Crippen LogP contribution in [0.4, 0.5) is 0 Å². The Hall–Kier alpha value is -0.120. The molecule has 0 amide bonds. The van der Waals surface area contributed by atoms with Gasteiger partial charge in [-0.1, -0.05) is 41.5 Å². The van der Waals surface area contributed by atoms with E-state index in [1.165, 1.54) is 0 Å². The maximum absolute atomic E-state index is 8.94. The molecule has 0 aromatic carbocycles. The highest BCUT2D eigenvalue weighted by atomic mass is 16.3. The molecule has 1 rings (SSSR count). The van der Waals surface area contributed by atoms with Crippen molar-refractivity contribution in [3.8, 4) is 0 Å². The number of hydrogen-bond donors (Lipinski definition) is 3. The highest BCUT2D eigenvalue weighted by molar-refractivity contribution is 4.75. The van der Waals surface area contributed by atoms with Gasteiger partial charge < -0.3 is 16.2 Å². The monoisotopic (exact) mass is 206 g/mol. The molecule has 1 saturated heterocycles. The summed E-state index contributed by atoms with van der Waals surface area (Å²) in [6.45, 7) is 14.5. The zero-order chi connectivity index (χ0) is 12.0. The van der Waals surface area contributed by atoms with Crippen molar-refractivity contribution in [2.75, 3.05) is 19.6 Å². The van der Waals surface area contributed by atoms with Crippen molar-refractivity contribution in [3.63, 3.8) is 0 Å². The lowest BCUT2D eigenvalue weighted by molar-refractivity contribution is 0.156. The lowest BCUT2D eigenvalue weighted by Gasteiger charge is -2.02. The van der Waals surface area contributed by atoms with E-state index in [-0.39, 0.29) is 6.10 Å². The van der Waals surface area contributed by atoms with E-state index in [0.717, 1.165) is 19.6 Å². The minimum Gasteiger partial charge on any atom is -0.391 e. The van der Waals surface area contributed by atoms with Gasteiger partial charge in [-0.3, -0.25) is 0 Å². The predicted octanol–water partition coefficient (Wildman–Crippen LogP) is 1.60. The SMILES string of the molecule is CC.CC.CC1CNCC1O.CCN. The smallest absolute Gasteiger partial charge is 0.0702 e. The van der Waals surface area contributed by atoms with Crippen LogP contribution in [0.15, 0.2) is 0 Å². The van der Waals surface area contributed by atoms with E-state index in [4.69, 9.17) is 10.8 Å². The van der Waals surface area contributed by atoms with Gasteiger partial charge in [-0.05, 0) is 12.5 Å². The second-order valence-electron chi connectivity index (χ2n) is 2.61. The number of aliphatic hydroxyl groups excluding tert-OH is 1. The summed E-state index contributed by atoms with van der Waals surface area (Å²) >= 11 is 0. The zero-order valence-electron chi connectivity index (χ0n) is 10.8. The zero-order valence-corrected chi connectivity index (χ0v) is 10.8. The molecule has 4 N–H and O–H groups in total. The first-order valence-electron chi connectivity index (χ1n) is 5.81. The predicted molar refractivity (Wildman–Crippen MR) is 65.5 cm³/mol. The van der Waals surface area contributed by atoms with Gasteiger partial charge in [0.1, 0.15) is 0 Å². The summed E-state index contributed by atoms with van der Waals surface area (Å²) in [7, 11) is 0. The molecule has 90 valence electrons. The number of hydrogen-bond acceptors (Lipinski definition) is 3. The number of β-amino-alcohol motifs (C(OH)–C–C–N with tert-alkyl or cyclic N) is 1. The summed E-state index contributed by atoms with van der Waals surface area (Å²) in [6, 6.07) is 0. The van der Waals surface area contributed by atoms with Gasteiger partial charge in [-0.2, -0.15) is 0 Å². The quantitative estimate of drug-likeness (QED) is 0.564. The molecule has 3 nitrogen and oxygen atoms in total. The number of aliphatic hydroxyl groups is 1. The Kier molecular flexibility index (Phi) is 25.9. The summed E-state index contributed by atoms with van der Waals surface area (Å²) in [5.74, 6) is 0.458. The fourth-order valence-electron chi connectivity index (χ4n) is 0.796. The van der Waals surface area contributed by atoms with Crippen LogP contribution in [-0.2, 0) is 0 Å². The Morgan fingerprint density at radius 1 is 1.21 bits per heavy atom. The van der Waals surface area contributed by atoms with Crippen molar-refractivity contribution in [1.82, 2.24) is 5.32 Å². The number of nitrogens with one attached hydrogen (secondary N) is 1. The topological polar surface area (TPSA) is 58.3 Å². The van der Waals surface area contributed by atoms with Gasteiger partial charge in [-0.15, -0.1) is 0 Å². The van der Waals surface area contributed by atoms with Gasteiger partial charge in [0.15, 0.2) is 0 Å². The third kappa shape index (κ3) is 14.4. The van der Waals surface area contributed by atoms with Crippen LogP contribution in [0.25, 0.3) is 0 Å². The third-order valence-corrected chi connectivity index (χ3v) is 1.48. The molecule has 0 bridgehead atoms. The van der Waals surface area contributed by atoms with E-state index in [0.29, 0.717) is 5.92 Å². The molecule has 1 heterocycles. The highest BCUT2D eigenvalue weighted by Crippen LogP contribution is 2.05. The molecule has 3 heteroatoms. The molecule has 0 saturated carbocycles. The molecular formula is C11H30N2O. The fraction of sp³-hybridized carbons (Fsp3) is 1.00. The average Bonchev–Trinajstić information content (AvgIpc) is 2.59. The first-order chi connectivity index (χ1) is 6.72. The largest absolute Gasteiger partial charge is 0.391 e. The Bertz CT molecular complexity index is 71.7. The first-order valence-corrected chi connectivity index (χ1v) is 5.81. The van der Waals surface area contributed by atoms with Crippen LogP contribution in [0.5, 0.6) is 0 Å². The summed E-state index contributed by atoms with van der Waals surface area (Å²) in [5.41, 5.74) is 4.85. The minimum absolute atomic E-state index is 0.0972. The average molecular weight is 206 g/mol.